The summed E-state index contributed by atoms with van der Waals surface area (Å²) < 4.78 is 5.04. The summed E-state index contributed by atoms with van der Waals surface area (Å²) in [5.74, 6) is 0.166. The summed E-state index contributed by atoms with van der Waals surface area (Å²) in [6, 6.07) is 16.5. The van der Waals surface area contributed by atoms with E-state index in [2.05, 4.69) is 15.8 Å². The van der Waals surface area contributed by atoms with Crippen LogP contribution in [0.4, 0.5) is 0 Å². The molecule has 0 fully saturated rings. The molecule has 0 atom stereocenters. The third-order valence-corrected chi connectivity index (χ3v) is 3.43. The molecule has 0 radical (unpaired) electrons. The third-order valence-electron chi connectivity index (χ3n) is 3.43. The summed E-state index contributed by atoms with van der Waals surface area (Å²) >= 11 is 0. The van der Waals surface area contributed by atoms with Crippen LogP contribution in [-0.2, 0) is 4.79 Å². The number of ether oxygens (including phenoxy) is 1. The summed E-state index contributed by atoms with van der Waals surface area (Å²) in [7, 11) is 1.56. The smallest absolute Gasteiger partial charge is 0.251 e. The maximum atomic E-state index is 11.9. The van der Waals surface area contributed by atoms with Crippen molar-refractivity contribution < 1.29 is 14.3 Å². The predicted molar refractivity (Wildman–Crippen MR) is 102 cm³/mol. The van der Waals surface area contributed by atoms with Crippen LogP contribution in [0.1, 0.15) is 22.3 Å². The summed E-state index contributed by atoms with van der Waals surface area (Å²) in [6.07, 6.45) is 5.26. The van der Waals surface area contributed by atoms with Crippen molar-refractivity contribution in [1.29, 1.82) is 0 Å². The Labute approximate surface area is 152 Å². The zero-order valence-electron chi connectivity index (χ0n) is 14.5. The van der Waals surface area contributed by atoms with Crippen LogP contribution in [0, 0.1) is 0 Å². The number of hydrogen-bond acceptors (Lipinski definition) is 4. The number of hydrazone groups is 1. The van der Waals surface area contributed by atoms with Crippen LogP contribution in [0.15, 0.2) is 65.8 Å². The van der Waals surface area contributed by atoms with E-state index in [0.717, 1.165) is 5.56 Å². The van der Waals surface area contributed by atoms with E-state index in [-0.39, 0.29) is 24.8 Å². The Morgan fingerprint density at radius 2 is 1.81 bits per heavy atom. The van der Waals surface area contributed by atoms with E-state index in [0.29, 0.717) is 11.3 Å². The molecule has 0 spiro atoms. The molecule has 0 unspecified atom stereocenters. The number of carbonyl (C=O) groups excluding carboxylic acids is 2. The van der Waals surface area contributed by atoms with E-state index in [9.17, 15) is 9.59 Å². The Morgan fingerprint density at radius 1 is 1.08 bits per heavy atom. The third kappa shape index (κ3) is 6.60. The Balaban J connectivity index is 1.65. The normalized spacial score (nSPS) is 10.8. The molecule has 0 saturated carbocycles. The van der Waals surface area contributed by atoms with Crippen molar-refractivity contribution in [3.8, 4) is 5.75 Å². The van der Waals surface area contributed by atoms with E-state index in [1.165, 1.54) is 6.21 Å². The lowest BCUT2D eigenvalue weighted by molar-refractivity contribution is -0.120. The average Bonchev–Trinajstić information content (AvgIpc) is 2.68. The molecule has 0 saturated heterocycles. The van der Waals surface area contributed by atoms with Gasteiger partial charge in [-0.25, -0.2) is 5.43 Å². The molecule has 26 heavy (non-hydrogen) atoms. The Bertz CT molecular complexity index is 769. The first-order valence-electron chi connectivity index (χ1n) is 8.15. The zero-order valence-corrected chi connectivity index (χ0v) is 14.5. The number of nitrogens with one attached hydrogen (secondary N) is 2. The van der Waals surface area contributed by atoms with Gasteiger partial charge in [0.15, 0.2) is 0 Å². The number of methoxy groups -OCH3 is 1. The SMILES string of the molecule is COc1ccc(C(=O)NCCC(=O)NN=CC=Cc2ccccc2)cc1. The minimum Gasteiger partial charge on any atom is -0.497 e. The van der Waals surface area contributed by atoms with Gasteiger partial charge in [-0.1, -0.05) is 36.4 Å². The Kier molecular flexibility index (Phi) is 7.61. The summed E-state index contributed by atoms with van der Waals surface area (Å²) in [5, 5.41) is 6.51. The van der Waals surface area contributed by atoms with Crippen LogP contribution in [-0.4, -0.2) is 31.7 Å². The zero-order chi connectivity index (χ0) is 18.6. The molecule has 0 aliphatic heterocycles. The Hall–Kier alpha value is -3.41. The van der Waals surface area contributed by atoms with E-state index < -0.39 is 0 Å². The number of amides is 2. The molecule has 2 aromatic carbocycles. The second-order valence-corrected chi connectivity index (χ2v) is 5.32. The number of benzene rings is 2. The number of allylic oxidation sites excluding steroid dienone is 1. The lowest BCUT2D eigenvalue weighted by Crippen LogP contribution is -2.28. The van der Waals surface area contributed by atoms with Gasteiger partial charge in [0.1, 0.15) is 5.75 Å². The van der Waals surface area contributed by atoms with Gasteiger partial charge in [0.05, 0.1) is 7.11 Å². The molecule has 2 aromatic rings. The minimum atomic E-state index is -0.274. The monoisotopic (exact) mass is 351 g/mol. The molecule has 2 amide bonds. The van der Waals surface area contributed by atoms with Crippen LogP contribution < -0.4 is 15.5 Å². The fraction of sp³-hybridized carbons (Fsp3) is 0.150. The van der Waals surface area contributed by atoms with Crippen LogP contribution >= 0.6 is 0 Å². The van der Waals surface area contributed by atoms with Gasteiger partial charge in [0.2, 0.25) is 5.91 Å². The molecular formula is C20H21N3O3. The van der Waals surface area contributed by atoms with Crippen LogP contribution in [0.25, 0.3) is 6.08 Å². The van der Waals surface area contributed by atoms with Crippen molar-refractivity contribution in [1.82, 2.24) is 10.7 Å². The second-order valence-electron chi connectivity index (χ2n) is 5.32. The summed E-state index contributed by atoms with van der Waals surface area (Å²) in [5.41, 5.74) is 3.97. The van der Waals surface area contributed by atoms with Crippen molar-refractivity contribution in [3.05, 3.63) is 71.8 Å². The van der Waals surface area contributed by atoms with Crippen molar-refractivity contribution in [3.63, 3.8) is 0 Å². The highest BCUT2D eigenvalue weighted by Crippen LogP contribution is 2.10. The molecule has 0 aliphatic carbocycles. The number of carbonyl (C=O) groups is 2. The van der Waals surface area contributed by atoms with E-state index in [4.69, 9.17) is 4.74 Å². The first-order valence-corrected chi connectivity index (χ1v) is 8.15. The first kappa shape index (κ1) is 18.9. The molecule has 0 bridgehead atoms. The standard InChI is InChI=1S/C20H21N3O3/c1-26-18-11-9-17(10-12-18)20(25)21-15-13-19(24)23-22-14-5-8-16-6-3-2-4-7-16/h2-12,14H,13,15H2,1H3,(H,21,25)(H,23,24). The molecule has 0 heterocycles. The van der Waals surface area contributed by atoms with Gasteiger partial charge in [-0.2, -0.15) is 5.10 Å². The topological polar surface area (TPSA) is 79.8 Å². The lowest BCUT2D eigenvalue weighted by Gasteiger charge is -2.05. The molecule has 2 N–H and O–H groups in total. The van der Waals surface area contributed by atoms with E-state index in [1.54, 1.807) is 37.5 Å². The van der Waals surface area contributed by atoms with Crippen molar-refractivity contribution >= 4 is 24.1 Å². The number of nitrogens with zero attached hydrogens (tertiary/aromatic N) is 1. The van der Waals surface area contributed by atoms with Crippen molar-refractivity contribution in [2.75, 3.05) is 13.7 Å². The fourth-order valence-corrected chi connectivity index (χ4v) is 2.06. The molecule has 0 aliphatic rings. The summed E-state index contributed by atoms with van der Waals surface area (Å²) in [6.45, 7) is 0.228. The van der Waals surface area contributed by atoms with Gasteiger partial charge >= 0.3 is 0 Å². The van der Waals surface area contributed by atoms with E-state index in [1.807, 2.05) is 36.4 Å². The first-order chi connectivity index (χ1) is 12.7. The van der Waals surface area contributed by atoms with Gasteiger partial charge in [-0.05, 0) is 35.9 Å². The van der Waals surface area contributed by atoms with E-state index >= 15 is 0 Å². The second kappa shape index (κ2) is 10.5. The van der Waals surface area contributed by atoms with Gasteiger partial charge in [0, 0.05) is 24.7 Å². The largest absolute Gasteiger partial charge is 0.497 e. The molecule has 2 rings (SSSR count). The average molecular weight is 351 g/mol. The van der Waals surface area contributed by atoms with Crippen molar-refractivity contribution in [2.45, 2.75) is 6.42 Å². The number of hydrogen-bond donors (Lipinski definition) is 2. The molecular weight excluding hydrogens is 330 g/mol. The van der Waals surface area contributed by atoms with Crippen LogP contribution in [0.5, 0.6) is 5.75 Å². The van der Waals surface area contributed by atoms with Crippen molar-refractivity contribution in [2.24, 2.45) is 5.10 Å². The lowest BCUT2D eigenvalue weighted by atomic mass is 10.2. The highest BCUT2D eigenvalue weighted by molar-refractivity contribution is 5.94. The molecule has 6 nitrogen and oxygen atoms in total. The molecule has 134 valence electrons. The van der Waals surface area contributed by atoms with Gasteiger partial charge in [0.25, 0.3) is 5.91 Å². The highest BCUT2D eigenvalue weighted by atomic mass is 16.5. The van der Waals surface area contributed by atoms with Gasteiger partial charge < -0.3 is 10.1 Å². The quantitative estimate of drug-likeness (QED) is 0.567. The highest BCUT2D eigenvalue weighted by Gasteiger charge is 2.06. The molecule has 6 heteroatoms. The fourth-order valence-electron chi connectivity index (χ4n) is 2.06. The molecule has 0 aromatic heterocycles. The number of rotatable bonds is 8. The summed E-state index contributed by atoms with van der Waals surface area (Å²) in [4.78, 5) is 23.6. The van der Waals surface area contributed by atoms with Crippen LogP contribution in [0.2, 0.25) is 0 Å². The minimum absolute atomic E-state index is 0.141. The van der Waals surface area contributed by atoms with Gasteiger partial charge in [-0.15, -0.1) is 0 Å². The maximum Gasteiger partial charge on any atom is 0.251 e. The predicted octanol–water partition coefficient (Wildman–Crippen LogP) is 2.63. The van der Waals surface area contributed by atoms with Gasteiger partial charge in [-0.3, -0.25) is 9.59 Å². The van der Waals surface area contributed by atoms with Crippen LogP contribution in [0.3, 0.4) is 0 Å². The Morgan fingerprint density at radius 3 is 2.50 bits per heavy atom. The maximum absolute atomic E-state index is 11.9.